The van der Waals surface area contributed by atoms with Gasteiger partial charge in [-0.1, -0.05) is 12.1 Å². The molecule has 3 aromatic rings. The molecule has 0 saturated heterocycles. The highest BCUT2D eigenvalue weighted by Gasteiger charge is 2.24. The van der Waals surface area contributed by atoms with Gasteiger partial charge in [0.2, 0.25) is 0 Å². The molecule has 0 aliphatic carbocycles. The minimum Gasteiger partial charge on any atom is -0.345 e. The molecule has 0 unspecified atom stereocenters. The molecule has 0 aliphatic heterocycles. The number of sulfonamides is 1. The number of hydrogen-bond acceptors (Lipinski definition) is 5. The summed E-state index contributed by atoms with van der Waals surface area (Å²) in [5.74, 6) is 0.599. The maximum atomic E-state index is 12.8. The van der Waals surface area contributed by atoms with Crippen LogP contribution in [0.2, 0.25) is 0 Å². The number of nitrogens with zero attached hydrogens (tertiary/aromatic N) is 3. The van der Waals surface area contributed by atoms with E-state index in [1.54, 1.807) is 36.5 Å². The molecule has 6 nitrogen and oxygen atoms in total. The predicted octanol–water partition coefficient (Wildman–Crippen LogP) is 3.14. The van der Waals surface area contributed by atoms with Crippen molar-refractivity contribution in [1.29, 1.82) is 5.26 Å². The third-order valence-electron chi connectivity index (χ3n) is 3.65. The maximum Gasteiger partial charge on any atom is 0.252 e. The predicted molar refractivity (Wildman–Crippen MR) is 96.4 cm³/mol. The van der Waals surface area contributed by atoms with E-state index in [4.69, 9.17) is 5.26 Å². The van der Waals surface area contributed by atoms with E-state index in [1.807, 2.05) is 13.0 Å². The second kappa shape index (κ2) is 6.80. The largest absolute Gasteiger partial charge is 0.345 e. The monoisotopic (exact) mass is 372 g/mol. The summed E-state index contributed by atoms with van der Waals surface area (Å²) < 4.78 is 27.0. The molecule has 2 aromatic heterocycles. The van der Waals surface area contributed by atoms with E-state index in [0.29, 0.717) is 11.4 Å². The summed E-state index contributed by atoms with van der Waals surface area (Å²) in [5.41, 5.74) is 2.26. The fraction of sp³-hybridized carbons (Fsp3) is 0.176. The van der Waals surface area contributed by atoms with E-state index >= 15 is 0 Å². The van der Waals surface area contributed by atoms with Gasteiger partial charge in [-0.25, -0.2) is 13.4 Å². The third kappa shape index (κ3) is 3.64. The van der Waals surface area contributed by atoms with Crippen LogP contribution >= 0.6 is 11.3 Å². The number of aromatic amines is 1. The van der Waals surface area contributed by atoms with Gasteiger partial charge in [0.1, 0.15) is 10.0 Å². The van der Waals surface area contributed by atoms with Crippen molar-refractivity contribution in [2.75, 3.05) is 7.05 Å². The molecule has 0 spiro atoms. The van der Waals surface area contributed by atoms with E-state index in [9.17, 15) is 8.42 Å². The fourth-order valence-electron chi connectivity index (χ4n) is 2.35. The molecule has 0 saturated carbocycles. The highest BCUT2D eigenvalue weighted by Crippen LogP contribution is 2.32. The molecule has 3 rings (SSSR count). The Morgan fingerprint density at radius 3 is 2.80 bits per heavy atom. The van der Waals surface area contributed by atoms with Gasteiger partial charge in [0.15, 0.2) is 0 Å². The Morgan fingerprint density at radius 2 is 2.12 bits per heavy atom. The molecule has 0 fully saturated rings. The van der Waals surface area contributed by atoms with Crippen LogP contribution in [0.1, 0.15) is 17.1 Å². The van der Waals surface area contributed by atoms with Gasteiger partial charge >= 0.3 is 0 Å². The molecule has 25 heavy (non-hydrogen) atoms. The summed E-state index contributed by atoms with van der Waals surface area (Å²) in [4.78, 5) is 7.98. The normalized spacial score (nSPS) is 11.6. The molecular weight excluding hydrogens is 356 g/mol. The van der Waals surface area contributed by atoms with Crippen molar-refractivity contribution >= 4 is 21.4 Å². The van der Waals surface area contributed by atoms with Crippen molar-refractivity contribution in [3.05, 3.63) is 59.7 Å². The third-order valence-corrected chi connectivity index (χ3v) is 7.06. The zero-order valence-electron chi connectivity index (χ0n) is 13.7. The van der Waals surface area contributed by atoms with Gasteiger partial charge in [-0.15, -0.1) is 11.3 Å². The SMILES string of the molecule is Cc1cnc(CN(C)S(=O)(=O)c2ccc(-c3cccc(C#N)c3)s2)[nH]1. The van der Waals surface area contributed by atoms with Gasteiger partial charge in [0, 0.05) is 23.8 Å². The average Bonchev–Trinajstić information content (AvgIpc) is 3.24. The number of thiophene rings is 1. The van der Waals surface area contributed by atoms with E-state index < -0.39 is 10.0 Å². The van der Waals surface area contributed by atoms with Crippen molar-refractivity contribution in [3.63, 3.8) is 0 Å². The lowest BCUT2D eigenvalue weighted by Crippen LogP contribution is -2.26. The second-order valence-corrected chi connectivity index (χ2v) is 8.94. The Kier molecular flexibility index (Phi) is 4.72. The molecule has 0 aliphatic rings. The van der Waals surface area contributed by atoms with Crippen LogP contribution in [0.4, 0.5) is 0 Å². The van der Waals surface area contributed by atoms with Gasteiger partial charge in [-0.3, -0.25) is 0 Å². The first kappa shape index (κ1) is 17.4. The number of benzene rings is 1. The quantitative estimate of drug-likeness (QED) is 0.745. The van der Waals surface area contributed by atoms with Gasteiger partial charge in [-0.2, -0.15) is 9.57 Å². The zero-order chi connectivity index (χ0) is 18.0. The van der Waals surface area contributed by atoms with Crippen LogP contribution in [0, 0.1) is 18.3 Å². The second-order valence-electron chi connectivity index (χ2n) is 5.59. The summed E-state index contributed by atoms with van der Waals surface area (Å²) in [6.45, 7) is 2.04. The Bertz CT molecular complexity index is 1040. The molecule has 1 N–H and O–H groups in total. The first-order chi connectivity index (χ1) is 11.9. The van der Waals surface area contributed by atoms with Crippen LogP contribution in [0.15, 0.2) is 46.8 Å². The Hall–Kier alpha value is -2.47. The Balaban J connectivity index is 1.86. The van der Waals surface area contributed by atoms with E-state index in [2.05, 4.69) is 16.0 Å². The number of rotatable bonds is 5. The van der Waals surface area contributed by atoms with Crippen LogP contribution in [0.25, 0.3) is 10.4 Å². The molecule has 128 valence electrons. The topological polar surface area (TPSA) is 89.8 Å². The highest BCUT2D eigenvalue weighted by molar-refractivity contribution is 7.91. The molecule has 2 heterocycles. The zero-order valence-corrected chi connectivity index (χ0v) is 15.4. The number of hydrogen-bond donors (Lipinski definition) is 1. The molecule has 0 amide bonds. The number of H-pyrrole nitrogens is 1. The van der Waals surface area contributed by atoms with Crippen molar-refractivity contribution < 1.29 is 8.42 Å². The van der Waals surface area contributed by atoms with Crippen LogP contribution in [0.5, 0.6) is 0 Å². The summed E-state index contributed by atoms with van der Waals surface area (Å²) >= 11 is 1.19. The number of nitriles is 1. The standard InChI is InChI=1S/C17H16N4O2S2/c1-12-10-19-16(20-12)11-21(2)25(22,23)17-7-6-15(24-17)14-5-3-4-13(8-14)9-18/h3-8,10H,11H2,1-2H3,(H,19,20). The van der Waals surface area contributed by atoms with E-state index in [-0.39, 0.29) is 10.8 Å². The van der Waals surface area contributed by atoms with E-state index in [1.165, 1.54) is 22.7 Å². The Labute approximate surface area is 150 Å². The lowest BCUT2D eigenvalue weighted by atomic mass is 10.1. The number of aryl methyl sites for hydroxylation is 1. The fourth-order valence-corrected chi connectivity index (χ4v) is 5.00. The summed E-state index contributed by atoms with van der Waals surface area (Å²) in [6.07, 6.45) is 1.67. The minimum absolute atomic E-state index is 0.174. The van der Waals surface area contributed by atoms with Crippen LogP contribution in [-0.2, 0) is 16.6 Å². The van der Waals surface area contributed by atoms with Crippen molar-refractivity contribution in [3.8, 4) is 16.5 Å². The molecule has 8 heteroatoms. The van der Waals surface area contributed by atoms with Gasteiger partial charge in [0.05, 0.1) is 18.2 Å². The highest BCUT2D eigenvalue weighted by atomic mass is 32.2. The van der Waals surface area contributed by atoms with Gasteiger partial charge < -0.3 is 4.98 Å². The lowest BCUT2D eigenvalue weighted by molar-refractivity contribution is 0.459. The van der Waals surface area contributed by atoms with Crippen LogP contribution in [-0.4, -0.2) is 29.7 Å². The number of aromatic nitrogens is 2. The smallest absolute Gasteiger partial charge is 0.252 e. The first-order valence-corrected chi connectivity index (χ1v) is 9.73. The minimum atomic E-state index is -3.60. The lowest BCUT2D eigenvalue weighted by Gasteiger charge is -2.14. The van der Waals surface area contributed by atoms with E-state index in [0.717, 1.165) is 16.1 Å². The van der Waals surface area contributed by atoms with Crippen molar-refractivity contribution in [1.82, 2.24) is 14.3 Å². The molecule has 0 atom stereocenters. The van der Waals surface area contributed by atoms with Crippen molar-refractivity contribution in [2.45, 2.75) is 17.7 Å². The number of nitrogens with one attached hydrogen (secondary N) is 1. The number of imidazole rings is 1. The molecule has 1 aromatic carbocycles. The maximum absolute atomic E-state index is 12.8. The first-order valence-electron chi connectivity index (χ1n) is 7.47. The average molecular weight is 372 g/mol. The Morgan fingerprint density at radius 1 is 1.32 bits per heavy atom. The summed E-state index contributed by atoms with van der Waals surface area (Å²) in [5, 5.41) is 9.00. The molecular formula is C17H16N4O2S2. The summed E-state index contributed by atoms with van der Waals surface area (Å²) in [6, 6.07) is 12.6. The molecule has 0 bridgehead atoms. The van der Waals surface area contributed by atoms with Crippen LogP contribution in [0.3, 0.4) is 0 Å². The van der Waals surface area contributed by atoms with Gasteiger partial charge in [0.25, 0.3) is 10.0 Å². The van der Waals surface area contributed by atoms with Crippen LogP contribution < -0.4 is 0 Å². The van der Waals surface area contributed by atoms with Crippen molar-refractivity contribution in [2.24, 2.45) is 0 Å². The van der Waals surface area contributed by atoms with Gasteiger partial charge in [-0.05, 0) is 36.8 Å². The summed E-state index contributed by atoms with van der Waals surface area (Å²) in [7, 11) is -2.07. The molecule has 0 radical (unpaired) electrons.